The molecule has 0 bridgehead atoms. The average molecular weight is 382 g/mol. The molecule has 0 aliphatic heterocycles. The van der Waals surface area contributed by atoms with Crippen LogP contribution in [0, 0.1) is 13.8 Å². The Labute approximate surface area is 170 Å². The highest BCUT2D eigenvalue weighted by Gasteiger charge is 2.19. The molecule has 1 N–H and O–H groups in total. The van der Waals surface area contributed by atoms with E-state index in [0.717, 1.165) is 22.4 Å². The molecule has 2 aromatic carbocycles. The molecule has 0 spiro atoms. The van der Waals surface area contributed by atoms with Crippen molar-refractivity contribution >= 4 is 11.7 Å². The maximum atomic E-state index is 13.0. The minimum Gasteiger partial charge on any atom is -0.306 e. The van der Waals surface area contributed by atoms with Crippen LogP contribution in [0.25, 0.3) is 11.3 Å². The Bertz CT molecular complexity index is 1130. The van der Waals surface area contributed by atoms with Crippen LogP contribution in [-0.4, -0.2) is 20.7 Å². The zero-order valence-electron chi connectivity index (χ0n) is 16.5. The molecule has 0 atom stereocenters. The van der Waals surface area contributed by atoms with E-state index in [1.54, 1.807) is 12.3 Å². The molecule has 4 aromatic rings. The summed E-state index contributed by atoms with van der Waals surface area (Å²) in [5.41, 5.74) is 5.22. The van der Waals surface area contributed by atoms with E-state index >= 15 is 0 Å². The van der Waals surface area contributed by atoms with Crippen molar-refractivity contribution in [3.63, 3.8) is 0 Å². The number of carbonyl (C=O) groups is 1. The van der Waals surface area contributed by atoms with Gasteiger partial charge < -0.3 is 5.32 Å². The monoisotopic (exact) mass is 382 g/mol. The highest BCUT2D eigenvalue weighted by molar-refractivity contribution is 6.07. The second kappa shape index (κ2) is 8.10. The number of nitrogens with zero attached hydrogens (tertiary/aromatic N) is 3. The number of pyridine rings is 1. The van der Waals surface area contributed by atoms with Gasteiger partial charge in [0.25, 0.3) is 5.91 Å². The van der Waals surface area contributed by atoms with Crippen LogP contribution in [0.4, 0.5) is 5.82 Å². The van der Waals surface area contributed by atoms with E-state index < -0.39 is 0 Å². The Morgan fingerprint density at radius 3 is 2.41 bits per heavy atom. The molecule has 29 heavy (non-hydrogen) atoms. The Kier molecular flexibility index (Phi) is 5.20. The normalized spacial score (nSPS) is 10.7. The summed E-state index contributed by atoms with van der Waals surface area (Å²) in [5, 5.41) is 7.62. The van der Waals surface area contributed by atoms with E-state index in [2.05, 4.69) is 10.3 Å². The topological polar surface area (TPSA) is 59.8 Å². The van der Waals surface area contributed by atoms with Crippen LogP contribution in [0.2, 0.25) is 0 Å². The van der Waals surface area contributed by atoms with E-state index in [1.807, 2.05) is 85.3 Å². The summed E-state index contributed by atoms with van der Waals surface area (Å²) in [6.07, 6.45) is 1.80. The second-order valence-corrected chi connectivity index (χ2v) is 7.06. The van der Waals surface area contributed by atoms with Crippen molar-refractivity contribution in [3.8, 4) is 11.3 Å². The molecular formula is C24H22N4O. The molecule has 2 heterocycles. The highest BCUT2D eigenvalue weighted by Crippen LogP contribution is 2.24. The van der Waals surface area contributed by atoms with Crippen LogP contribution in [-0.2, 0) is 6.54 Å². The number of rotatable bonds is 5. The van der Waals surface area contributed by atoms with E-state index in [-0.39, 0.29) is 5.91 Å². The van der Waals surface area contributed by atoms with Gasteiger partial charge in [0.05, 0.1) is 12.1 Å². The first-order valence-electron chi connectivity index (χ1n) is 9.52. The van der Waals surface area contributed by atoms with Crippen molar-refractivity contribution in [2.24, 2.45) is 0 Å². The number of carbonyl (C=O) groups excluding carboxylic acids is 1. The smallest absolute Gasteiger partial charge is 0.260 e. The van der Waals surface area contributed by atoms with Gasteiger partial charge in [-0.3, -0.25) is 9.48 Å². The minimum absolute atomic E-state index is 0.224. The number of aryl methyl sites for hydroxylation is 2. The van der Waals surface area contributed by atoms with E-state index in [9.17, 15) is 4.79 Å². The van der Waals surface area contributed by atoms with Crippen molar-refractivity contribution in [1.29, 1.82) is 0 Å². The van der Waals surface area contributed by atoms with Crippen LogP contribution < -0.4 is 5.32 Å². The third-order valence-electron chi connectivity index (χ3n) is 4.65. The van der Waals surface area contributed by atoms with Gasteiger partial charge in [0, 0.05) is 17.5 Å². The van der Waals surface area contributed by atoms with Crippen molar-refractivity contribution in [1.82, 2.24) is 14.8 Å². The summed E-state index contributed by atoms with van der Waals surface area (Å²) in [6, 6.07) is 23.6. The van der Waals surface area contributed by atoms with Crippen LogP contribution in [0.1, 0.15) is 27.2 Å². The summed E-state index contributed by atoms with van der Waals surface area (Å²) in [4.78, 5) is 17.4. The third-order valence-corrected chi connectivity index (χ3v) is 4.65. The summed E-state index contributed by atoms with van der Waals surface area (Å²) in [6.45, 7) is 4.52. The molecule has 0 radical (unpaired) electrons. The van der Waals surface area contributed by atoms with Gasteiger partial charge in [0.1, 0.15) is 11.5 Å². The van der Waals surface area contributed by atoms with Crippen molar-refractivity contribution in [2.45, 2.75) is 20.4 Å². The average Bonchev–Trinajstić information content (AvgIpc) is 3.13. The Hall–Kier alpha value is -3.73. The number of benzene rings is 2. The molecule has 0 saturated carbocycles. The molecule has 5 nitrogen and oxygen atoms in total. The molecule has 0 aliphatic rings. The predicted molar refractivity (Wildman–Crippen MR) is 115 cm³/mol. The van der Waals surface area contributed by atoms with E-state index in [0.29, 0.717) is 23.6 Å². The number of hydrogen-bond donors (Lipinski definition) is 1. The first kappa shape index (κ1) is 18.6. The Morgan fingerprint density at radius 2 is 1.69 bits per heavy atom. The van der Waals surface area contributed by atoms with E-state index in [1.165, 1.54) is 0 Å². The summed E-state index contributed by atoms with van der Waals surface area (Å²) in [5.74, 6) is 0.304. The van der Waals surface area contributed by atoms with Gasteiger partial charge in [-0.1, -0.05) is 66.2 Å². The number of amides is 1. The molecule has 1 amide bonds. The fraction of sp³-hybridized carbons (Fsp3) is 0.125. The molecule has 2 aromatic heterocycles. The minimum atomic E-state index is -0.224. The van der Waals surface area contributed by atoms with Gasteiger partial charge in [-0.25, -0.2) is 4.98 Å². The summed E-state index contributed by atoms with van der Waals surface area (Å²) < 4.78 is 1.81. The van der Waals surface area contributed by atoms with Gasteiger partial charge in [-0.05, 0) is 31.5 Å². The summed E-state index contributed by atoms with van der Waals surface area (Å²) in [7, 11) is 0. The molecule has 4 rings (SSSR count). The van der Waals surface area contributed by atoms with Crippen LogP contribution in [0.5, 0.6) is 0 Å². The second-order valence-electron chi connectivity index (χ2n) is 7.06. The largest absolute Gasteiger partial charge is 0.306 e. The van der Waals surface area contributed by atoms with Gasteiger partial charge in [-0.2, -0.15) is 5.10 Å². The van der Waals surface area contributed by atoms with Crippen molar-refractivity contribution < 1.29 is 4.79 Å². The van der Waals surface area contributed by atoms with Gasteiger partial charge in [-0.15, -0.1) is 0 Å². The molecule has 0 aliphatic carbocycles. The fourth-order valence-electron chi connectivity index (χ4n) is 3.16. The number of nitrogens with one attached hydrogen (secondary N) is 1. The number of aromatic nitrogens is 3. The SMILES string of the molecule is Cc1ccc(-c2nn(Cc3ccccc3)cc2C(=O)Nc2cccc(C)n2)cc1. The molecular weight excluding hydrogens is 360 g/mol. The standard InChI is InChI=1S/C24H22N4O/c1-17-11-13-20(14-12-17)23-21(24(29)26-22-10-6-7-18(2)25-22)16-28(27-23)15-19-8-4-3-5-9-19/h3-14,16H,15H2,1-2H3,(H,25,26,29). The zero-order chi connectivity index (χ0) is 20.2. The Balaban J connectivity index is 1.69. The lowest BCUT2D eigenvalue weighted by Crippen LogP contribution is -2.13. The van der Waals surface area contributed by atoms with Gasteiger partial charge in [0.15, 0.2) is 0 Å². The van der Waals surface area contributed by atoms with Gasteiger partial charge in [0.2, 0.25) is 0 Å². The Morgan fingerprint density at radius 1 is 0.931 bits per heavy atom. The predicted octanol–water partition coefficient (Wildman–Crippen LogP) is 4.86. The third kappa shape index (κ3) is 4.41. The maximum Gasteiger partial charge on any atom is 0.260 e. The number of anilines is 1. The van der Waals surface area contributed by atoms with Crippen LogP contribution in [0.15, 0.2) is 79.0 Å². The molecule has 5 heteroatoms. The fourth-order valence-corrected chi connectivity index (χ4v) is 3.16. The van der Waals surface area contributed by atoms with Crippen LogP contribution >= 0.6 is 0 Å². The lowest BCUT2D eigenvalue weighted by atomic mass is 10.1. The lowest BCUT2D eigenvalue weighted by molar-refractivity contribution is 0.102. The van der Waals surface area contributed by atoms with E-state index in [4.69, 9.17) is 5.10 Å². The molecule has 0 unspecified atom stereocenters. The zero-order valence-corrected chi connectivity index (χ0v) is 16.5. The molecule has 0 fully saturated rings. The first-order valence-corrected chi connectivity index (χ1v) is 9.52. The highest BCUT2D eigenvalue weighted by atomic mass is 16.1. The number of hydrogen-bond acceptors (Lipinski definition) is 3. The van der Waals surface area contributed by atoms with Gasteiger partial charge >= 0.3 is 0 Å². The quantitative estimate of drug-likeness (QED) is 0.536. The van der Waals surface area contributed by atoms with Crippen LogP contribution in [0.3, 0.4) is 0 Å². The lowest BCUT2D eigenvalue weighted by Gasteiger charge is -2.05. The maximum absolute atomic E-state index is 13.0. The summed E-state index contributed by atoms with van der Waals surface area (Å²) >= 11 is 0. The van der Waals surface area contributed by atoms with Crippen molar-refractivity contribution in [2.75, 3.05) is 5.32 Å². The molecule has 0 saturated heterocycles. The molecule has 144 valence electrons. The van der Waals surface area contributed by atoms with Crippen molar-refractivity contribution in [3.05, 3.63) is 101 Å². The first-order chi connectivity index (χ1) is 14.1.